The molecule has 1 saturated heterocycles. The number of halogens is 1. The van der Waals surface area contributed by atoms with Crippen LogP contribution in [0.1, 0.15) is 6.92 Å². The molecule has 186 valence electrons. The van der Waals surface area contributed by atoms with Gasteiger partial charge in [0.15, 0.2) is 11.6 Å². The number of rotatable bonds is 10. The molecule has 0 radical (unpaired) electrons. The second kappa shape index (κ2) is 12.5. The predicted octanol–water partition coefficient (Wildman–Crippen LogP) is 3.53. The second-order valence-electron chi connectivity index (χ2n) is 7.87. The molecular weight excluding hydrogens is 451 g/mol. The molecule has 35 heavy (non-hydrogen) atoms. The Kier molecular flexibility index (Phi) is 9.13. The predicted molar refractivity (Wildman–Crippen MR) is 139 cm³/mol. The van der Waals surface area contributed by atoms with Crippen molar-refractivity contribution in [2.45, 2.75) is 6.92 Å². The fourth-order valence-corrected chi connectivity index (χ4v) is 3.21. The van der Waals surface area contributed by atoms with E-state index in [0.29, 0.717) is 32.0 Å². The first-order chi connectivity index (χ1) is 16.9. The van der Waals surface area contributed by atoms with E-state index in [9.17, 15) is 4.39 Å². The number of hydrogen-bond donors (Lipinski definition) is 2. The van der Waals surface area contributed by atoms with Crippen LogP contribution >= 0.6 is 0 Å². The third kappa shape index (κ3) is 7.51. The van der Waals surface area contributed by atoms with Gasteiger partial charge in [-0.25, -0.2) is 14.8 Å². The van der Waals surface area contributed by atoms with Crippen molar-refractivity contribution in [3.8, 4) is 5.75 Å². The second-order valence-corrected chi connectivity index (χ2v) is 7.87. The van der Waals surface area contributed by atoms with Crippen LogP contribution in [0.3, 0.4) is 0 Å². The largest absolute Gasteiger partial charge is 0.497 e. The van der Waals surface area contributed by atoms with E-state index in [-0.39, 0.29) is 11.8 Å². The van der Waals surface area contributed by atoms with Gasteiger partial charge in [0.05, 0.1) is 38.4 Å². The number of hydrogen-bond acceptors (Lipinski definition) is 10. The van der Waals surface area contributed by atoms with Gasteiger partial charge in [-0.05, 0) is 31.9 Å². The number of benzene rings is 1. The van der Waals surface area contributed by atoms with Crippen molar-refractivity contribution in [2.75, 3.05) is 68.1 Å². The molecular formula is C24H31FN8O2. The number of aromatic nitrogens is 2. The highest BCUT2D eigenvalue weighted by Crippen LogP contribution is 2.26. The average Bonchev–Trinajstić information content (AvgIpc) is 2.87. The minimum atomic E-state index is -0.489. The van der Waals surface area contributed by atoms with Crippen LogP contribution in [-0.2, 0) is 4.74 Å². The Balaban J connectivity index is 1.65. The van der Waals surface area contributed by atoms with E-state index in [1.807, 2.05) is 55.1 Å². The smallest absolute Gasteiger partial charge is 0.245 e. The van der Waals surface area contributed by atoms with E-state index in [1.165, 1.54) is 6.21 Å². The van der Waals surface area contributed by atoms with Crippen LogP contribution < -0.4 is 25.3 Å². The number of aliphatic imine (C=N–C) groups is 1. The van der Waals surface area contributed by atoms with Crippen molar-refractivity contribution in [1.29, 1.82) is 0 Å². The number of methoxy groups -OCH3 is 1. The van der Waals surface area contributed by atoms with Crippen LogP contribution in [-0.4, -0.2) is 70.4 Å². The van der Waals surface area contributed by atoms with E-state index in [4.69, 9.17) is 9.47 Å². The molecule has 0 unspecified atom stereocenters. The number of nitrogens with zero attached hydrogens (tertiary/aromatic N) is 6. The van der Waals surface area contributed by atoms with Crippen LogP contribution in [0.25, 0.3) is 0 Å². The Morgan fingerprint density at radius 1 is 1.26 bits per heavy atom. The zero-order valence-corrected chi connectivity index (χ0v) is 20.5. The van der Waals surface area contributed by atoms with E-state index in [2.05, 4.69) is 37.5 Å². The maximum atomic E-state index is 14.2. The minimum Gasteiger partial charge on any atom is -0.497 e. The Morgan fingerprint density at radius 3 is 2.71 bits per heavy atom. The van der Waals surface area contributed by atoms with Gasteiger partial charge in [0.2, 0.25) is 5.95 Å². The number of ether oxygens (including phenoxy) is 2. The monoisotopic (exact) mass is 482 g/mol. The van der Waals surface area contributed by atoms with Crippen molar-refractivity contribution in [3.63, 3.8) is 0 Å². The number of hydrazone groups is 1. The Hall–Kier alpha value is -3.99. The maximum Gasteiger partial charge on any atom is 0.245 e. The van der Waals surface area contributed by atoms with Gasteiger partial charge in [-0.2, -0.15) is 10.1 Å². The van der Waals surface area contributed by atoms with Gasteiger partial charge in [-0.1, -0.05) is 0 Å². The molecule has 0 spiro atoms. The highest BCUT2D eigenvalue weighted by molar-refractivity contribution is 5.80. The van der Waals surface area contributed by atoms with E-state index in [1.54, 1.807) is 13.2 Å². The fourth-order valence-electron chi connectivity index (χ4n) is 3.21. The quantitative estimate of drug-likeness (QED) is 0.302. The lowest BCUT2D eigenvalue weighted by Gasteiger charge is -2.27. The molecule has 0 aliphatic carbocycles. The van der Waals surface area contributed by atoms with Crippen molar-refractivity contribution in [1.82, 2.24) is 9.97 Å². The summed E-state index contributed by atoms with van der Waals surface area (Å²) in [5.41, 5.74) is 6.00. The van der Waals surface area contributed by atoms with Crippen LogP contribution in [0, 0.1) is 5.82 Å². The van der Waals surface area contributed by atoms with Crippen molar-refractivity contribution >= 4 is 36.1 Å². The molecule has 2 aromatic rings. The lowest BCUT2D eigenvalue weighted by atomic mass is 10.2. The molecule has 1 aliphatic heterocycles. The van der Waals surface area contributed by atoms with Gasteiger partial charge < -0.3 is 24.6 Å². The topological polar surface area (TPSA) is 99.5 Å². The summed E-state index contributed by atoms with van der Waals surface area (Å²) < 4.78 is 24.9. The average molecular weight is 483 g/mol. The van der Waals surface area contributed by atoms with Crippen molar-refractivity contribution < 1.29 is 13.9 Å². The summed E-state index contributed by atoms with van der Waals surface area (Å²) in [6.45, 7) is 7.70. The molecule has 0 amide bonds. The molecule has 1 fully saturated rings. The molecule has 1 aromatic carbocycles. The van der Waals surface area contributed by atoms with E-state index in [0.717, 1.165) is 29.0 Å². The number of allylic oxidation sites excluding steroid dienone is 4. The van der Waals surface area contributed by atoms with Crippen molar-refractivity contribution in [3.05, 3.63) is 53.8 Å². The summed E-state index contributed by atoms with van der Waals surface area (Å²) in [7, 11) is 5.58. The summed E-state index contributed by atoms with van der Waals surface area (Å²) in [4.78, 5) is 16.0. The molecule has 1 aliphatic rings. The molecule has 2 heterocycles. The van der Waals surface area contributed by atoms with Gasteiger partial charge in [0.25, 0.3) is 0 Å². The Morgan fingerprint density at radius 2 is 2.03 bits per heavy atom. The molecule has 10 nitrogen and oxygen atoms in total. The van der Waals surface area contributed by atoms with Gasteiger partial charge in [0.1, 0.15) is 5.75 Å². The SMILES string of the molecule is C=NC(/C=N\Nc1ncc(F)c(N2CCOCC2)n1)=C\C=C(/C)Nc1cc(OC)cc(N(C)C)c1. The lowest BCUT2D eigenvalue weighted by molar-refractivity contribution is 0.122. The summed E-state index contributed by atoms with van der Waals surface area (Å²) in [5, 5.41) is 7.44. The molecule has 2 N–H and O–H groups in total. The lowest BCUT2D eigenvalue weighted by Crippen LogP contribution is -2.37. The molecule has 3 rings (SSSR count). The van der Waals surface area contributed by atoms with E-state index >= 15 is 0 Å². The maximum absolute atomic E-state index is 14.2. The number of morpholine rings is 1. The number of nitrogens with one attached hydrogen (secondary N) is 2. The van der Waals surface area contributed by atoms with Crippen LogP contribution in [0.2, 0.25) is 0 Å². The summed E-state index contributed by atoms with van der Waals surface area (Å²) in [6, 6.07) is 5.90. The van der Waals surface area contributed by atoms with Crippen molar-refractivity contribution in [2.24, 2.45) is 10.1 Å². The van der Waals surface area contributed by atoms with E-state index < -0.39 is 5.82 Å². The standard InChI is InChI=1S/C24H31FN8O2/c1-17(29-19-12-20(32(3)4)14-21(13-19)34-5)6-7-18(26-2)15-28-31-24-27-16-22(25)23(30-24)33-8-10-35-11-9-33/h6-7,12-16,29H,2,8-11H2,1,3-5H3,(H,27,30,31)/b17-6+,18-7-,28-15-. The van der Waals surface area contributed by atoms with Gasteiger partial charge in [-0.15, -0.1) is 0 Å². The van der Waals surface area contributed by atoms with Gasteiger partial charge >= 0.3 is 0 Å². The molecule has 0 bridgehead atoms. The Bertz CT molecular complexity index is 1110. The minimum absolute atomic E-state index is 0.177. The first kappa shape index (κ1) is 25.6. The summed E-state index contributed by atoms with van der Waals surface area (Å²) >= 11 is 0. The normalized spacial score (nSPS) is 14.7. The first-order valence-corrected chi connectivity index (χ1v) is 11.0. The molecule has 1 aromatic heterocycles. The fraction of sp³-hybridized carbons (Fsp3) is 0.333. The number of anilines is 4. The van der Waals surface area contributed by atoms with Gasteiger partial charge in [0, 0.05) is 56.4 Å². The Labute approximate surface area is 204 Å². The zero-order chi connectivity index (χ0) is 25.2. The highest BCUT2D eigenvalue weighted by Gasteiger charge is 2.17. The highest BCUT2D eigenvalue weighted by atomic mass is 19.1. The third-order valence-electron chi connectivity index (χ3n) is 5.07. The van der Waals surface area contributed by atoms with Crippen LogP contribution in [0.15, 0.2) is 58.0 Å². The third-order valence-corrected chi connectivity index (χ3v) is 5.07. The molecule has 0 saturated carbocycles. The molecule has 11 heteroatoms. The zero-order valence-electron chi connectivity index (χ0n) is 20.5. The van der Waals surface area contributed by atoms with Crippen LogP contribution in [0.4, 0.5) is 27.5 Å². The molecule has 0 atom stereocenters. The van der Waals surface area contributed by atoms with Gasteiger partial charge in [-0.3, -0.25) is 4.99 Å². The first-order valence-electron chi connectivity index (χ1n) is 11.0. The summed E-state index contributed by atoms with van der Waals surface area (Å²) in [6.07, 6.45) is 6.22. The van der Waals surface area contributed by atoms with Crippen LogP contribution in [0.5, 0.6) is 5.75 Å². The summed E-state index contributed by atoms with van der Waals surface area (Å²) in [5.74, 6) is 0.666.